The van der Waals surface area contributed by atoms with Gasteiger partial charge in [0.05, 0.1) is 20.2 Å². The van der Waals surface area contributed by atoms with Crippen LogP contribution in [-0.2, 0) is 4.79 Å². The van der Waals surface area contributed by atoms with Crippen molar-refractivity contribution in [3.63, 3.8) is 0 Å². The zero-order chi connectivity index (χ0) is 22.8. The number of piperazine rings is 1. The van der Waals surface area contributed by atoms with E-state index in [0.29, 0.717) is 25.6 Å². The Morgan fingerprint density at radius 1 is 1.03 bits per heavy atom. The number of methoxy groups -OCH3 is 1. The largest absolute Gasteiger partial charge is 0.497 e. The van der Waals surface area contributed by atoms with Crippen molar-refractivity contribution < 1.29 is 14.3 Å². The molecular weight excluding hydrogens is 406 g/mol. The average molecular weight is 440 g/mol. The summed E-state index contributed by atoms with van der Waals surface area (Å²) in [6, 6.07) is 17.8. The fraction of sp³-hybridized carbons (Fsp3) is 0.417. The van der Waals surface area contributed by atoms with Gasteiger partial charge in [0, 0.05) is 45.0 Å². The molecule has 2 N–H and O–H groups in total. The van der Waals surface area contributed by atoms with E-state index in [4.69, 9.17) is 9.47 Å². The average Bonchev–Trinajstić information content (AvgIpc) is 2.84. The number of anilines is 1. The van der Waals surface area contributed by atoms with Gasteiger partial charge < -0.3 is 29.9 Å². The molecule has 0 radical (unpaired) electrons. The van der Waals surface area contributed by atoms with Crippen molar-refractivity contribution in [2.75, 3.05) is 58.3 Å². The first kappa shape index (κ1) is 23.2. The topological polar surface area (TPSA) is 78.4 Å². The number of nitrogens with zero attached hydrogens (tertiary/aromatic N) is 3. The van der Waals surface area contributed by atoms with Crippen molar-refractivity contribution >= 4 is 17.6 Å². The van der Waals surface area contributed by atoms with E-state index in [0.717, 1.165) is 24.6 Å². The summed E-state index contributed by atoms with van der Waals surface area (Å²) in [6.07, 6.45) is -0.0950. The number of benzene rings is 2. The predicted octanol–water partition coefficient (Wildman–Crippen LogP) is 1.98. The number of hydrogen-bond donors (Lipinski definition) is 2. The molecule has 2 aromatic rings. The first-order chi connectivity index (χ1) is 15.6. The molecule has 0 bridgehead atoms. The van der Waals surface area contributed by atoms with Crippen LogP contribution in [0.25, 0.3) is 0 Å². The first-order valence-electron chi connectivity index (χ1n) is 10.9. The van der Waals surface area contributed by atoms with Gasteiger partial charge in [0.25, 0.3) is 0 Å². The highest BCUT2D eigenvalue weighted by atomic mass is 16.5. The van der Waals surface area contributed by atoms with Crippen LogP contribution in [0.15, 0.2) is 59.6 Å². The van der Waals surface area contributed by atoms with E-state index in [1.54, 1.807) is 14.2 Å². The Morgan fingerprint density at radius 3 is 2.44 bits per heavy atom. The predicted molar refractivity (Wildman–Crippen MR) is 128 cm³/mol. The van der Waals surface area contributed by atoms with Crippen molar-refractivity contribution in [1.29, 1.82) is 0 Å². The van der Waals surface area contributed by atoms with Crippen LogP contribution in [0.2, 0.25) is 0 Å². The molecule has 0 saturated carbocycles. The molecule has 1 unspecified atom stereocenters. The SMILES string of the molecule is CN=C(NCC(=O)N1CCN(c2ccccc2)CC1)NCC(C)Oc1cccc(OC)c1. The van der Waals surface area contributed by atoms with Crippen molar-refractivity contribution in [1.82, 2.24) is 15.5 Å². The van der Waals surface area contributed by atoms with Crippen LogP contribution in [0.1, 0.15) is 6.92 Å². The lowest BCUT2D eigenvalue weighted by atomic mass is 10.2. The van der Waals surface area contributed by atoms with Gasteiger partial charge in [-0.2, -0.15) is 0 Å². The molecule has 8 nitrogen and oxygen atoms in total. The van der Waals surface area contributed by atoms with E-state index in [2.05, 4.69) is 32.7 Å². The van der Waals surface area contributed by atoms with E-state index in [9.17, 15) is 4.79 Å². The third kappa shape index (κ3) is 6.80. The molecule has 1 atom stereocenters. The minimum absolute atomic E-state index is 0.0707. The van der Waals surface area contributed by atoms with Crippen LogP contribution < -0.4 is 25.0 Å². The fourth-order valence-electron chi connectivity index (χ4n) is 3.53. The zero-order valence-electron chi connectivity index (χ0n) is 19.1. The Morgan fingerprint density at radius 2 is 1.75 bits per heavy atom. The Balaban J connectivity index is 1.38. The highest BCUT2D eigenvalue weighted by Gasteiger charge is 2.21. The maximum atomic E-state index is 12.6. The van der Waals surface area contributed by atoms with Crippen LogP contribution in [0.3, 0.4) is 0 Å². The second-order valence-corrected chi connectivity index (χ2v) is 7.62. The molecule has 1 heterocycles. The van der Waals surface area contributed by atoms with E-state index >= 15 is 0 Å². The maximum Gasteiger partial charge on any atom is 0.242 e. The Hall–Kier alpha value is -3.42. The number of para-hydroxylation sites is 1. The van der Waals surface area contributed by atoms with Crippen LogP contribution in [0, 0.1) is 0 Å². The lowest BCUT2D eigenvalue weighted by Gasteiger charge is -2.36. The Labute approximate surface area is 190 Å². The summed E-state index contributed by atoms with van der Waals surface area (Å²) in [4.78, 5) is 21.0. The molecule has 0 aromatic heterocycles. The summed E-state index contributed by atoms with van der Waals surface area (Å²) in [5.41, 5.74) is 1.20. The molecule has 1 amide bonds. The number of hydrogen-bond acceptors (Lipinski definition) is 5. The molecule has 1 fully saturated rings. The molecule has 1 aliphatic rings. The van der Waals surface area contributed by atoms with Gasteiger partial charge in [0.15, 0.2) is 5.96 Å². The van der Waals surface area contributed by atoms with E-state index < -0.39 is 0 Å². The van der Waals surface area contributed by atoms with Gasteiger partial charge in [0.2, 0.25) is 5.91 Å². The normalized spacial score (nSPS) is 15.2. The molecule has 1 aliphatic heterocycles. The van der Waals surface area contributed by atoms with Gasteiger partial charge in [0.1, 0.15) is 17.6 Å². The number of carbonyl (C=O) groups excluding carboxylic acids is 1. The number of guanidine groups is 1. The molecule has 3 rings (SSSR count). The molecule has 1 saturated heterocycles. The fourth-order valence-corrected chi connectivity index (χ4v) is 3.53. The molecule has 0 aliphatic carbocycles. The highest BCUT2D eigenvalue weighted by Crippen LogP contribution is 2.19. The van der Waals surface area contributed by atoms with Crippen LogP contribution in [0.4, 0.5) is 5.69 Å². The first-order valence-corrected chi connectivity index (χ1v) is 10.9. The summed E-state index contributed by atoms with van der Waals surface area (Å²) >= 11 is 0. The van der Waals surface area contributed by atoms with Crippen LogP contribution in [-0.4, -0.2) is 76.3 Å². The minimum atomic E-state index is -0.0950. The molecule has 172 valence electrons. The highest BCUT2D eigenvalue weighted by molar-refractivity contribution is 5.86. The van der Waals surface area contributed by atoms with Crippen molar-refractivity contribution in [2.45, 2.75) is 13.0 Å². The van der Waals surface area contributed by atoms with E-state index in [1.165, 1.54) is 5.69 Å². The molecular formula is C24H33N5O3. The van der Waals surface area contributed by atoms with E-state index in [-0.39, 0.29) is 18.6 Å². The molecule has 8 heteroatoms. The minimum Gasteiger partial charge on any atom is -0.497 e. The number of aliphatic imine (C=N–C) groups is 1. The Kier molecular flexibility index (Phi) is 8.60. The van der Waals surface area contributed by atoms with Gasteiger partial charge >= 0.3 is 0 Å². The number of rotatable bonds is 8. The smallest absolute Gasteiger partial charge is 0.242 e. The maximum absolute atomic E-state index is 12.6. The number of nitrogens with one attached hydrogen (secondary N) is 2. The van der Waals surface area contributed by atoms with Crippen LogP contribution in [0.5, 0.6) is 11.5 Å². The lowest BCUT2D eigenvalue weighted by molar-refractivity contribution is -0.130. The summed E-state index contributed by atoms with van der Waals surface area (Å²) in [5.74, 6) is 2.14. The summed E-state index contributed by atoms with van der Waals surface area (Å²) in [6.45, 7) is 5.82. The third-order valence-corrected chi connectivity index (χ3v) is 5.32. The monoisotopic (exact) mass is 439 g/mol. The lowest BCUT2D eigenvalue weighted by Crippen LogP contribution is -2.52. The van der Waals surface area contributed by atoms with Gasteiger partial charge in [-0.25, -0.2) is 0 Å². The van der Waals surface area contributed by atoms with Gasteiger partial charge in [-0.15, -0.1) is 0 Å². The molecule has 0 spiro atoms. The Bertz CT molecular complexity index is 882. The van der Waals surface area contributed by atoms with Crippen molar-refractivity contribution in [3.05, 3.63) is 54.6 Å². The van der Waals surface area contributed by atoms with Crippen LogP contribution >= 0.6 is 0 Å². The van der Waals surface area contributed by atoms with Crippen molar-refractivity contribution in [2.24, 2.45) is 4.99 Å². The summed E-state index contributed by atoms with van der Waals surface area (Å²) in [5, 5.41) is 6.31. The second-order valence-electron chi connectivity index (χ2n) is 7.62. The third-order valence-electron chi connectivity index (χ3n) is 5.32. The summed E-state index contributed by atoms with van der Waals surface area (Å²) in [7, 11) is 3.32. The van der Waals surface area contributed by atoms with Gasteiger partial charge in [-0.1, -0.05) is 24.3 Å². The quantitative estimate of drug-likeness (QED) is 0.484. The van der Waals surface area contributed by atoms with E-state index in [1.807, 2.05) is 54.3 Å². The van der Waals surface area contributed by atoms with Gasteiger partial charge in [-0.05, 0) is 31.2 Å². The number of amides is 1. The standard InChI is InChI=1S/C24H33N5O3/c1-19(32-22-11-7-10-21(16-22)31-3)17-26-24(25-2)27-18-23(30)29-14-12-28(13-15-29)20-8-5-4-6-9-20/h4-11,16,19H,12-15,17-18H2,1-3H3,(H2,25,26,27). The van der Waals surface area contributed by atoms with Crippen molar-refractivity contribution in [3.8, 4) is 11.5 Å². The number of ether oxygens (including phenoxy) is 2. The van der Waals surface area contributed by atoms with Gasteiger partial charge in [-0.3, -0.25) is 9.79 Å². The summed E-state index contributed by atoms with van der Waals surface area (Å²) < 4.78 is 11.1. The zero-order valence-corrected chi connectivity index (χ0v) is 19.1. The molecule has 2 aromatic carbocycles. The second kappa shape index (κ2) is 11.8. The molecule has 32 heavy (non-hydrogen) atoms. The number of carbonyl (C=O) groups is 1.